The first-order chi connectivity index (χ1) is 12.5. The van der Waals surface area contributed by atoms with Crippen molar-refractivity contribution < 1.29 is 4.79 Å². The second kappa shape index (κ2) is 7.68. The van der Waals surface area contributed by atoms with Crippen molar-refractivity contribution in [1.82, 2.24) is 14.9 Å². The van der Waals surface area contributed by atoms with Gasteiger partial charge >= 0.3 is 0 Å². The molecule has 136 valence electrons. The van der Waals surface area contributed by atoms with Gasteiger partial charge in [-0.1, -0.05) is 48.7 Å². The molecule has 3 rings (SSSR count). The predicted octanol–water partition coefficient (Wildman–Crippen LogP) is 5.57. The van der Waals surface area contributed by atoms with E-state index in [0.29, 0.717) is 15.6 Å². The van der Waals surface area contributed by atoms with Crippen molar-refractivity contribution >= 4 is 29.1 Å². The molecule has 26 heavy (non-hydrogen) atoms. The van der Waals surface area contributed by atoms with Gasteiger partial charge in [0.2, 0.25) is 0 Å². The van der Waals surface area contributed by atoms with E-state index < -0.39 is 0 Å². The summed E-state index contributed by atoms with van der Waals surface area (Å²) in [6, 6.07) is 5.58. The third kappa shape index (κ3) is 3.31. The Labute approximate surface area is 163 Å². The van der Waals surface area contributed by atoms with Crippen molar-refractivity contribution in [3.05, 3.63) is 75.1 Å². The zero-order valence-corrected chi connectivity index (χ0v) is 16.5. The van der Waals surface area contributed by atoms with Crippen molar-refractivity contribution in [3.8, 4) is 0 Å². The molecule has 1 aliphatic heterocycles. The van der Waals surface area contributed by atoms with Gasteiger partial charge in [0.15, 0.2) is 0 Å². The minimum Gasteiger partial charge on any atom is -0.362 e. The van der Waals surface area contributed by atoms with E-state index in [9.17, 15) is 4.79 Å². The number of carbonyl (C=O) groups is 1. The Morgan fingerprint density at radius 1 is 1.27 bits per heavy atom. The van der Waals surface area contributed by atoms with E-state index in [1.165, 1.54) is 10.9 Å². The Kier molecular flexibility index (Phi) is 5.54. The highest BCUT2D eigenvalue weighted by Crippen LogP contribution is 2.44. The summed E-state index contributed by atoms with van der Waals surface area (Å²) in [4.78, 5) is 17.2. The second-order valence-corrected chi connectivity index (χ2v) is 7.20. The first-order valence-corrected chi connectivity index (χ1v) is 9.35. The van der Waals surface area contributed by atoms with E-state index in [2.05, 4.69) is 17.2 Å². The average molecular weight is 390 g/mol. The topological polar surface area (TPSA) is 46.9 Å². The van der Waals surface area contributed by atoms with Crippen molar-refractivity contribution in [2.75, 3.05) is 0 Å². The molecule has 1 aliphatic rings. The fourth-order valence-corrected chi connectivity index (χ4v) is 3.94. The molecule has 1 unspecified atom stereocenters. The Balaban J connectivity index is 2.21. The summed E-state index contributed by atoms with van der Waals surface area (Å²) in [7, 11) is 0. The molecule has 0 saturated heterocycles. The summed E-state index contributed by atoms with van der Waals surface area (Å²) in [6.45, 7) is 6.08. The maximum absolute atomic E-state index is 13.2. The Morgan fingerprint density at radius 2 is 2.04 bits per heavy atom. The molecule has 4 nitrogen and oxygen atoms in total. The molecule has 0 amide bonds. The highest BCUT2D eigenvalue weighted by Gasteiger charge is 2.34. The molecule has 0 saturated carbocycles. The van der Waals surface area contributed by atoms with E-state index in [4.69, 9.17) is 23.2 Å². The molecule has 0 fully saturated rings. The fraction of sp³-hybridized carbons (Fsp3) is 0.300. The van der Waals surface area contributed by atoms with Gasteiger partial charge in [-0.25, -0.2) is 4.98 Å². The van der Waals surface area contributed by atoms with Crippen molar-refractivity contribution in [2.24, 2.45) is 0 Å². The highest BCUT2D eigenvalue weighted by molar-refractivity contribution is 6.42. The van der Waals surface area contributed by atoms with Crippen LogP contribution in [0.1, 0.15) is 49.9 Å². The minimum atomic E-state index is -0.239. The summed E-state index contributed by atoms with van der Waals surface area (Å²) < 4.78 is 1.50. The summed E-state index contributed by atoms with van der Waals surface area (Å²) >= 11 is 12.8. The Hall–Kier alpha value is -2.04. The van der Waals surface area contributed by atoms with E-state index in [0.717, 1.165) is 35.4 Å². The molecule has 0 radical (unpaired) electrons. The molecule has 2 aromatic rings. The van der Waals surface area contributed by atoms with Crippen LogP contribution in [-0.4, -0.2) is 15.5 Å². The van der Waals surface area contributed by atoms with Crippen LogP contribution in [-0.2, 0) is 0 Å². The number of rotatable bonds is 4. The number of halogens is 2. The number of hydrogen-bond donors (Lipinski definition) is 1. The third-order valence-electron chi connectivity index (χ3n) is 4.68. The lowest BCUT2D eigenvalue weighted by atomic mass is 9.78. The predicted molar refractivity (Wildman–Crippen MR) is 106 cm³/mol. The molecule has 1 aromatic heterocycles. The van der Waals surface area contributed by atoms with Crippen LogP contribution >= 0.6 is 23.2 Å². The van der Waals surface area contributed by atoms with Crippen LogP contribution in [0.3, 0.4) is 0 Å². The molecular weight excluding hydrogens is 369 g/mol. The maximum Gasteiger partial charge on any atom is 0.261 e. The zero-order valence-electron chi connectivity index (χ0n) is 15.0. The number of imidazole rings is 1. The van der Waals surface area contributed by atoms with Crippen LogP contribution in [0.5, 0.6) is 0 Å². The average Bonchev–Trinajstić information content (AvgIpc) is 3.14. The molecule has 0 spiro atoms. The van der Waals surface area contributed by atoms with Gasteiger partial charge in [0.25, 0.3) is 5.91 Å². The quantitative estimate of drug-likeness (QED) is 0.743. The summed E-state index contributed by atoms with van der Waals surface area (Å²) in [5.41, 5.74) is 4.56. The molecule has 2 heterocycles. The normalized spacial score (nSPS) is 17.5. The molecule has 1 aromatic carbocycles. The van der Waals surface area contributed by atoms with Crippen molar-refractivity contribution in [3.63, 3.8) is 0 Å². The zero-order chi connectivity index (χ0) is 18.8. The fourth-order valence-electron chi connectivity index (χ4n) is 3.53. The lowest BCUT2D eigenvalue weighted by molar-refractivity contribution is 0.0947. The summed E-state index contributed by atoms with van der Waals surface area (Å²) in [6.07, 6.45) is 6.60. The first kappa shape index (κ1) is 18.7. The van der Waals surface area contributed by atoms with Gasteiger partial charge in [-0.05, 0) is 37.5 Å². The van der Waals surface area contributed by atoms with Gasteiger partial charge in [-0.15, -0.1) is 0 Å². The summed E-state index contributed by atoms with van der Waals surface area (Å²) in [5.74, 6) is -0.355. The van der Waals surface area contributed by atoms with Gasteiger partial charge in [0, 0.05) is 35.3 Å². The van der Waals surface area contributed by atoms with Gasteiger partial charge in [-0.2, -0.15) is 0 Å². The lowest BCUT2D eigenvalue weighted by Crippen LogP contribution is -2.30. The van der Waals surface area contributed by atoms with E-state index in [1.807, 2.05) is 26.0 Å². The van der Waals surface area contributed by atoms with Gasteiger partial charge in [0.1, 0.15) is 6.33 Å². The smallest absolute Gasteiger partial charge is 0.261 e. The number of aromatic nitrogens is 2. The number of nitrogens with one attached hydrogen (secondary N) is 1. The molecular formula is C20H21Cl2N3O. The third-order valence-corrected chi connectivity index (χ3v) is 5.51. The minimum absolute atomic E-state index is 0.116. The highest BCUT2D eigenvalue weighted by atomic mass is 35.5. The number of dihydropyridines is 1. The SMILES string of the molecule is CCCC1=C(C)NC(C)=C(C(=O)n2ccnc2)C1c1cccc(Cl)c1Cl. The monoisotopic (exact) mass is 389 g/mol. The Bertz CT molecular complexity index is 898. The number of benzene rings is 1. The van der Waals surface area contributed by atoms with Gasteiger partial charge in [-0.3, -0.25) is 9.36 Å². The lowest BCUT2D eigenvalue weighted by Gasteiger charge is -2.32. The van der Waals surface area contributed by atoms with Gasteiger partial charge < -0.3 is 5.32 Å². The molecule has 1 atom stereocenters. The summed E-state index contributed by atoms with van der Waals surface area (Å²) in [5, 5.41) is 4.35. The number of hydrogen-bond acceptors (Lipinski definition) is 3. The standard InChI is InChI=1S/C20H21Cl2N3O/c1-4-6-14-12(2)24-13(3)17(20(26)25-10-9-23-11-25)18(14)15-7-5-8-16(21)19(15)22/h5,7-11,18,24H,4,6H2,1-3H3. The van der Waals surface area contributed by atoms with E-state index in [-0.39, 0.29) is 11.8 Å². The van der Waals surface area contributed by atoms with Crippen LogP contribution in [0.4, 0.5) is 0 Å². The van der Waals surface area contributed by atoms with Crippen LogP contribution in [0.15, 0.2) is 59.5 Å². The van der Waals surface area contributed by atoms with Crippen LogP contribution in [0, 0.1) is 0 Å². The number of allylic oxidation sites excluding steroid dienone is 4. The maximum atomic E-state index is 13.2. The van der Waals surface area contributed by atoms with Crippen LogP contribution < -0.4 is 5.32 Å². The molecule has 0 bridgehead atoms. The molecule has 0 aliphatic carbocycles. The van der Waals surface area contributed by atoms with Crippen LogP contribution in [0.2, 0.25) is 10.0 Å². The number of carbonyl (C=O) groups excluding carboxylic acids is 1. The van der Waals surface area contributed by atoms with Crippen molar-refractivity contribution in [1.29, 1.82) is 0 Å². The largest absolute Gasteiger partial charge is 0.362 e. The molecule has 6 heteroatoms. The van der Waals surface area contributed by atoms with E-state index >= 15 is 0 Å². The molecule has 1 N–H and O–H groups in total. The van der Waals surface area contributed by atoms with Crippen molar-refractivity contribution in [2.45, 2.75) is 39.5 Å². The van der Waals surface area contributed by atoms with E-state index in [1.54, 1.807) is 18.5 Å². The first-order valence-electron chi connectivity index (χ1n) is 8.59. The second-order valence-electron chi connectivity index (χ2n) is 6.42. The Morgan fingerprint density at radius 3 is 2.69 bits per heavy atom. The van der Waals surface area contributed by atoms with Gasteiger partial charge in [0.05, 0.1) is 10.0 Å². The van der Waals surface area contributed by atoms with Crippen LogP contribution in [0.25, 0.3) is 0 Å². The number of nitrogens with zero attached hydrogens (tertiary/aromatic N) is 2.